The third kappa shape index (κ3) is 2.33. The van der Waals surface area contributed by atoms with Gasteiger partial charge in [-0.2, -0.15) is 0 Å². The molecule has 2 aromatic carbocycles. The Morgan fingerprint density at radius 3 is 2.96 bits per heavy atom. The van der Waals surface area contributed by atoms with Crippen LogP contribution in [0.1, 0.15) is 24.9 Å². The van der Waals surface area contributed by atoms with Crippen molar-refractivity contribution in [3.63, 3.8) is 0 Å². The van der Waals surface area contributed by atoms with Gasteiger partial charge in [-0.05, 0) is 37.3 Å². The largest absolute Gasteiger partial charge is 0.497 e. The molecule has 0 aliphatic carbocycles. The Morgan fingerprint density at radius 2 is 2.17 bits per heavy atom. The zero-order valence-electron chi connectivity index (χ0n) is 13.4. The average molecular weight is 389 g/mol. The molecular formula is C18H17BrN2O3. The van der Waals surface area contributed by atoms with E-state index in [9.17, 15) is 4.79 Å². The molecule has 2 amide bonds. The number of ether oxygens (including phenoxy) is 2. The number of nitrogens with zero attached hydrogens (tertiary/aromatic N) is 1. The monoisotopic (exact) mass is 388 g/mol. The SMILES string of the molecule is COc1cccc(N2C(=O)NC3CC2(C)Oc2ccc(Br)cc23)c1. The van der Waals surface area contributed by atoms with Gasteiger partial charge >= 0.3 is 6.03 Å². The Balaban J connectivity index is 1.79. The molecule has 1 saturated heterocycles. The van der Waals surface area contributed by atoms with Crippen LogP contribution in [0.2, 0.25) is 0 Å². The van der Waals surface area contributed by atoms with Crippen molar-refractivity contribution in [2.75, 3.05) is 12.0 Å². The fraction of sp³-hybridized carbons (Fsp3) is 0.278. The standard InChI is InChI=1S/C18H17BrN2O3/c1-18-10-15(14-8-11(19)6-7-16(14)24-18)20-17(22)21(18)12-4-3-5-13(9-12)23-2/h3-9,15H,10H2,1-2H3,(H,20,22). The Labute approximate surface area is 148 Å². The maximum Gasteiger partial charge on any atom is 0.325 e. The van der Waals surface area contributed by atoms with Gasteiger partial charge in [0.2, 0.25) is 0 Å². The fourth-order valence-corrected chi connectivity index (χ4v) is 3.86. The number of carbonyl (C=O) groups is 1. The maximum absolute atomic E-state index is 12.8. The Bertz CT molecular complexity index is 826. The van der Waals surface area contributed by atoms with Gasteiger partial charge in [0.05, 0.1) is 18.8 Å². The second kappa shape index (κ2) is 5.41. The third-order valence-corrected chi connectivity index (χ3v) is 5.04. The average Bonchev–Trinajstić information content (AvgIpc) is 2.55. The van der Waals surface area contributed by atoms with Crippen LogP contribution in [0.25, 0.3) is 0 Å². The van der Waals surface area contributed by atoms with Crippen LogP contribution >= 0.6 is 15.9 Å². The molecule has 2 bridgehead atoms. The molecule has 124 valence electrons. The molecule has 4 rings (SSSR count). The summed E-state index contributed by atoms with van der Waals surface area (Å²) in [5, 5.41) is 3.09. The number of carbonyl (C=O) groups excluding carboxylic acids is 1. The number of urea groups is 1. The Kier molecular flexibility index (Phi) is 3.46. The molecule has 2 aliphatic heterocycles. The molecule has 6 heteroatoms. The number of halogens is 1. The van der Waals surface area contributed by atoms with E-state index in [0.29, 0.717) is 12.2 Å². The summed E-state index contributed by atoms with van der Waals surface area (Å²) in [5.41, 5.74) is 0.995. The molecule has 0 radical (unpaired) electrons. The lowest BCUT2D eigenvalue weighted by molar-refractivity contribution is 0.0378. The van der Waals surface area contributed by atoms with Crippen molar-refractivity contribution in [1.82, 2.24) is 5.32 Å². The van der Waals surface area contributed by atoms with E-state index in [1.165, 1.54) is 0 Å². The summed E-state index contributed by atoms with van der Waals surface area (Å²) >= 11 is 3.48. The van der Waals surface area contributed by atoms with Gasteiger partial charge in [-0.15, -0.1) is 0 Å². The van der Waals surface area contributed by atoms with E-state index in [-0.39, 0.29) is 12.1 Å². The molecular weight excluding hydrogens is 372 g/mol. The minimum absolute atomic E-state index is 0.0643. The summed E-state index contributed by atoms with van der Waals surface area (Å²) in [4.78, 5) is 14.5. The maximum atomic E-state index is 12.8. The number of rotatable bonds is 2. The van der Waals surface area contributed by atoms with E-state index in [1.54, 1.807) is 12.0 Å². The summed E-state index contributed by atoms with van der Waals surface area (Å²) in [7, 11) is 1.61. The number of amides is 2. The summed E-state index contributed by atoms with van der Waals surface area (Å²) in [6.07, 6.45) is 0.666. The highest BCUT2D eigenvalue weighted by molar-refractivity contribution is 9.10. The van der Waals surface area contributed by atoms with Crippen LogP contribution in [0.4, 0.5) is 10.5 Å². The Hall–Kier alpha value is -2.21. The van der Waals surface area contributed by atoms with Crippen molar-refractivity contribution in [3.8, 4) is 11.5 Å². The van der Waals surface area contributed by atoms with Gasteiger partial charge < -0.3 is 14.8 Å². The van der Waals surface area contributed by atoms with Gasteiger partial charge in [0.25, 0.3) is 0 Å². The summed E-state index contributed by atoms with van der Waals surface area (Å²) < 4.78 is 12.5. The van der Waals surface area contributed by atoms with Gasteiger partial charge in [0.1, 0.15) is 11.5 Å². The van der Waals surface area contributed by atoms with Crippen LogP contribution in [-0.2, 0) is 0 Å². The topological polar surface area (TPSA) is 50.8 Å². The van der Waals surface area contributed by atoms with Crippen LogP contribution in [0.5, 0.6) is 11.5 Å². The number of benzene rings is 2. The van der Waals surface area contributed by atoms with Crippen molar-refractivity contribution in [2.45, 2.75) is 25.1 Å². The van der Waals surface area contributed by atoms with Crippen LogP contribution in [0.15, 0.2) is 46.9 Å². The number of methoxy groups -OCH3 is 1. The van der Waals surface area contributed by atoms with Crippen molar-refractivity contribution in [1.29, 1.82) is 0 Å². The highest BCUT2D eigenvalue weighted by Crippen LogP contribution is 2.46. The molecule has 2 aliphatic rings. The molecule has 2 aromatic rings. The molecule has 2 unspecified atom stereocenters. The molecule has 24 heavy (non-hydrogen) atoms. The van der Waals surface area contributed by atoms with Crippen LogP contribution in [0, 0.1) is 0 Å². The predicted molar refractivity (Wildman–Crippen MR) is 94.5 cm³/mol. The van der Waals surface area contributed by atoms with Gasteiger partial charge in [-0.25, -0.2) is 4.79 Å². The van der Waals surface area contributed by atoms with Crippen LogP contribution < -0.4 is 19.7 Å². The molecule has 0 aromatic heterocycles. The van der Waals surface area contributed by atoms with E-state index in [0.717, 1.165) is 21.5 Å². The lowest BCUT2D eigenvalue weighted by Crippen LogP contribution is -2.65. The molecule has 5 nitrogen and oxygen atoms in total. The van der Waals surface area contributed by atoms with Crippen molar-refractivity contribution in [3.05, 3.63) is 52.5 Å². The van der Waals surface area contributed by atoms with Crippen LogP contribution in [0.3, 0.4) is 0 Å². The molecule has 2 atom stereocenters. The first-order chi connectivity index (χ1) is 11.5. The fourth-order valence-electron chi connectivity index (χ4n) is 3.49. The second-order valence-electron chi connectivity index (χ2n) is 6.20. The first-order valence-electron chi connectivity index (χ1n) is 7.73. The lowest BCUT2D eigenvalue weighted by Gasteiger charge is -2.50. The number of nitrogens with one attached hydrogen (secondary N) is 1. The quantitative estimate of drug-likeness (QED) is 0.837. The first kappa shape index (κ1) is 15.3. The van der Waals surface area contributed by atoms with Gasteiger partial charge in [-0.1, -0.05) is 22.0 Å². The third-order valence-electron chi connectivity index (χ3n) is 4.55. The van der Waals surface area contributed by atoms with Crippen molar-refractivity contribution >= 4 is 27.6 Å². The number of hydrogen-bond acceptors (Lipinski definition) is 3. The lowest BCUT2D eigenvalue weighted by atomic mass is 9.90. The summed E-state index contributed by atoms with van der Waals surface area (Å²) in [5.74, 6) is 1.50. The highest BCUT2D eigenvalue weighted by Gasteiger charge is 2.49. The smallest absolute Gasteiger partial charge is 0.325 e. The minimum Gasteiger partial charge on any atom is -0.497 e. The minimum atomic E-state index is -0.750. The zero-order chi connectivity index (χ0) is 16.9. The van der Waals surface area contributed by atoms with Gasteiger partial charge in [0.15, 0.2) is 5.72 Å². The predicted octanol–water partition coefficient (Wildman–Crippen LogP) is 4.23. The number of anilines is 1. The normalized spacial score (nSPS) is 24.7. The van der Waals surface area contributed by atoms with Crippen LogP contribution in [-0.4, -0.2) is 18.9 Å². The number of hydrogen-bond donors (Lipinski definition) is 1. The first-order valence-corrected chi connectivity index (χ1v) is 8.53. The molecule has 2 heterocycles. The van der Waals surface area contributed by atoms with E-state index in [1.807, 2.05) is 49.4 Å². The molecule has 1 N–H and O–H groups in total. The van der Waals surface area contributed by atoms with E-state index >= 15 is 0 Å². The van der Waals surface area contributed by atoms with Crippen molar-refractivity contribution < 1.29 is 14.3 Å². The van der Waals surface area contributed by atoms with Gasteiger partial charge in [-0.3, -0.25) is 4.90 Å². The molecule has 0 saturated carbocycles. The Morgan fingerprint density at radius 1 is 1.33 bits per heavy atom. The summed E-state index contributed by atoms with van der Waals surface area (Å²) in [6.45, 7) is 1.95. The number of fused-ring (bicyclic) bond motifs is 4. The van der Waals surface area contributed by atoms with E-state index in [2.05, 4.69) is 21.2 Å². The second-order valence-corrected chi connectivity index (χ2v) is 7.12. The van der Waals surface area contributed by atoms with E-state index < -0.39 is 5.72 Å². The van der Waals surface area contributed by atoms with Crippen molar-refractivity contribution in [2.24, 2.45) is 0 Å². The molecule has 0 spiro atoms. The zero-order valence-corrected chi connectivity index (χ0v) is 15.0. The van der Waals surface area contributed by atoms with E-state index in [4.69, 9.17) is 9.47 Å². The summed E-state index contributed by atoms with van der Waals surface area (Å²) in [6, 6.07) is 13.1. The highest BCUT2D eigenvalue weighted by atomic mass is 79.9. The van der Waals surface area contributed by atoms with Gasteiger partial charge in [0, 0.05) is 22.5 Å². The molecule has 1 fully saturated rings.